The lowest BCUT2D eigenvalue weighted by atomic mass is 9.99. The number of carbonyl (C=O) groups is 4. The molecule has 0 fully saturated rings. The number of hydrogen-bond acceptors (Lipinski definition) is 15. The van der Waals surface area contributed by atoms with E-state index in [1.54, 1.807) is 0 Å². The summed E-state index contributed by atoms with van der Waals surface area (Å²) in [4.78, 5) is 72.9. The summed E-state index contributed by atoms with van der Waals surface area (Å²) in [6.45, 7) is 11.9. The average molecular weight is 1440 g/mol. The average Bonchev–Trinajstić information content (AvgIpc) is 1.02. The maximum atomic E-state index is 13.1. The van der Waals surface area contributed by atoms with Crippen LogP contribution in [0.5, 0.6) is 0 Å². The predicted octanol–water partition coefficient (Wildman–Crippen LogP) is 23.4. The Hall–Kier alpha value is -1.94. The molecule has 0 spiro atoms. The minimum Gasteiger partial charge on any atom is -0.462 e. The maximum absolute atomic E-state index is 13.1. The molecule has 17 nitrogen and oxygen atoms in total. The smallest absolute Gasteiger partial charge is 0.462 e. The topological polar surface area (TPSA) is 237 Å². The summed E-state index contributed by atoms with van der Waals surface area (Å²) < 4.78 is 68.6. The number of ether oxygens (including phenoxy) is 4. The van der Waals surface area contributed by atoms with Crippen molar-refractivity contribution in [2.75, 3.05) is 39.6 Å². The molecule has 0 aromatic heterocycles. The third-order valence-corrected chi connectivity index (χ3v) is 20.6. The molecule has 0 aliphatic carbocycles. The normalized spacial score (nSPS) is 14.3. The van der Waals surface area contributed by atoms with Crippen LogP contribution < -0.4 is 0 Å². The van der Waals surface area contributed by atoms with Gasteiger partial charge in [0.05, 0.1) is 26.4 Å². The summed E-state index contributed by atoms with van der Waals surface area (Å²) in [7, 11) is -9.92. The van der Waals surface area contributed by atoms with E-state index in [-0.39, 0.29) is 25.7 Å². The van der Waals surface area contributed by atoms with Crippen molar-refractivity contribution in [3.63, 3.8) is 0 Å². The summed E-state index contributed by atoms with van der Waals surface area (Å²) in [6.07, 6.45) is 56.9. The molecule has 3 N–H and O–H groups in total. The van der Waals surface area contributed by atoms with Gasteiger partial charge in [0.2, 0.25) is 0 Å². The molecule has 0 bridgehead atoms. The first kappa shape index (κ1) is 96.1. The quantitative estimate of drug-likeness (QED) is 0.0222. The van der Waals surface area contributed by atoms with Gasteiger partial charge >= 0.3 is 39.5 Å². The molecule has 6 atom stereocenters. The van der Waals surface area contributed by atoms with E-state index in [2.05, 4.69) is 48.5 Å². The Labute approximate surface area is 600 Å². The number of aliphatic hydroxyl groups excluding tert-OH is 1. The van der Waals surface area contributed by atoms with E-state index in [4.69, 9.17) is 37.0 Å². The molecule has 0 rings (SSSR count). The van der Waals surface area contributed by atoms with Gasteiger partial charge in [0.25, 0.3) is 0 Å². The molecule has 0 aliphatic heterocycles. The fraction of sp³-hybridized carbons (Fsp3) is 0.949. The molecule has 0 saturated heterocycles. The van der Waals surface area contributed by atoms with Crippen LogP contribution >= 0.6 is 15.6 Å². The van der Waals surface area contributed by atoms with Crippen LogP contribution in [0.15, 0.2) is 0 Å². The Morgan fingerprint density at radius 3 is 0.776 bits per heavy atom. The van der Waals surface area contributed by atoms with E-state index >= 15 is 0 Å². The Morgan fingerprint density at radius 1 is 0.296 bits per heavy atom. The highest BCUT2D eigenvalue weighted by Gasteiger charge is 2.30. The van der Waals surface area contributed by atoms with Crippen molar-refractivity contribution in [2.45, 2.75) is 426 Å². The van der Waals surface area contributed by atoms with Crippen LogP contribution in [0.1, 0.15) is 408 Å². The number of carbonyl (C=O) groups excluding carboxylic acids is 4. The van der Waals surface area contributed by atoms with Gasteiger partial charge in [0, 0.05) is 25.7 Å². The molecular weight excluding hydrogens is 1280 g/mol. The largest absolute Gasteiger partial charge is 0.472 e. The molecular formula is C79H154O17P2. The number of hydrogen-bond donors (Lipinski definition) is 3. The third kappa shape index (κ3) is 71.1. The van der Waals surface area contributed by atoms with Gasteiger partial charge in [-0.25, -0.2) is 9.13 Å². The summed E-state index contributed by atoms with van der Waals surface area (Å²) in [6, 6.07) is 0. The molecule has 582 valence electrons. The molecule has 0 aromatic carbocycles. The highest BCUT2D eigenvalue weighted by molar-refractivity contribution is 7.47. The predicted molar refractivity (Wildman–Crippen MR) is 400 cm³/mol. The van der Waals surface area contributed by atoms with E-state index in [9.17, 15) is 43.2 Å². The Balaban J connectivity index is 5.24. The van der Waals surface area contributed by atoms with Crippen LogP contribution in [-0.4, -0.2) is 96.7 Å². The maximum Gasteiger partial charge on any atom is 0.472 e. The van der Waals surface area contributed by atoms with Gasteiger partial charge in [-0.2, -0.15) is 0 Å². The van der Waals surface area contributed by atoms with Crippen LogP contribution in [0.4, 0.5) is 0 Å². The van der Waals surface area contributed by atoms with Crippen molar-refractivity contribution < 1.29 is 80.2 Å². The van der Waals surface area contributed by atoms with Gasteiger partial charge < -0.3 is 33.8 Å². The Kier molecular flexibility index (Phi) is 68.1. The SMILES string of the molecule is CCCCCCCCCCCCCCCCCCCCCCC(=O)O[C@H](COC(=O)CCCCCCCCCCCCC(C)CC)COP(=O)(O)OC[C@@H](O)COP(=O)(O)OC[C@@H](COC(=O)CCCCCCCCCCCC(C)C)OC(=O)CCCCCCCCCCCC(C)C. The zero-order valence-corrected chi connectivity index (χ0v) is 66.0. The zero-order chi connectivity index (χ0) is 72.3. The zero-order valence-electron chi connectivity index (χ0n) is 64.3. The molecule has 0 amide bonds. The van der Waals surface area contributed by atoms with Crippen LogP contribution in [-0.2, 0) is 65.4 Å². The molecule has 98 heavy (non-hydrogen) atoms. The molecule has 3 unspecified atom stereocenters. The Morgan fingerprint density at radius 2 is 0.520 bits per heavy atom. The fourth-order valence-electron chi connectivity index (χ4n) is 12.1. The molecule has 0 aliphatic rings. The number of phosphoric ester groups is 2. The molecule has 0 aromatic rings. The van der Waals surface area contributed by atoms with E-state index in [0.29, 0.717) is 25.7 Å². The standard InChI is InChI=1S/C79H154O17P2/c1-8-10-11-12-13-14-15-16-17-18-19-20-21-22-23-24-33-41-48-55-62-78(83)95-74(66-89-76(81)60-53-46-39-32-26-25-31-38-45-52-59-72(7)9-2)68-93-97(85,86)91-64-73(80)65-92-98(87,88)94-69-75(96-79(84)63-56-49-42-35-28-30-37-44-51-58-71(5)6)67-90-77(82)61-54-47-40-34-27-29-36-43-50-57-70(3)4/h70-75,80H,8-69H2,1-7H3,(H,85,86)(H,87,88)/t72?,73-,74-,75-/m1/s1. The lowest BCUT2D eigenvalue weighted by Gasteiger charge is -2.21. The second kappa shape index (κ2) is 69.4. The summed E-state index contributed by atoms with van der Waals surface area (Å²) in [5.41, 5.74) is 0. The van der Waals surface area contributed by atoms with E-state index in [1.807, 2.05) is 0 Å². The van der Waals surface area contributed by atoms with Crippen molar-refractivity contribution >= 4 is 39.5 Å². The van der Waals surface area contributed by atoms with Crippen molar-refractivity contribution in [3.05, 3.63) is 0 Å². The van der Waals surface area contributed by atoms with Gasteiger partial charge in [-0.3, -0.25) is 37.3 Å². The van der Waals surface area contributed by atoms with Crippen molar-refractivity contribution in [3.8, 4) is 0 Å². The number of unbranched alkanes of at least 4 members (excludes halogenated alkanes) is 44. The van der Waals surface area contributed by atoms with Crippen LogP contribution in [0.25, 0.3) is 0 Å². The summed E-state index contributed by atoms with van der Waals surface area (Å²) >= 11 is 0. The van der Waals surface area contributed by atoms with E-state index in [1.165, 1.54) is 218 Å². The molecule has 19 heteroatoms. The lowest BCUT2D eigenvalue weighted by molar-refractivity contribution is -0.161. The third-order valence-electron chi connectivity index (χ3n) is 18.7. The van der Waals surface area contributed by atoms with Gasteiger partial charge in [0.1, 0.15) is 19.3 Å². The fourth-order valence-corrected chi connectivity index (χ4v) is 13.7. The highest BCUT2D eigenvalue weighted by Crippen LogP contribution is 2.45. The minimum absolute atomic E-state index is 0.105. The van der Waals surface area contributed by atoms with Crippen molar-refractivity contribution in [2.24, 2.45) is 17.8 Å². The first-order valence-electron chi connectivity index (χ1n) is 40.9. The first-order chi connectivity index (χ1) is 47.3. The van der Waals surface area contributed by atoms with E-state index in [0.717, 1.165) is 108 Å². The second-order valence-electron chi connectivity index (χ2n) is 29.6. The first-order valence-corrected chi connectivity index (χ1v) is 43.9. The van der Waals surface area contributed by atoms with Crippen LogP contribution in [0, 0.1) is 17.8 Å². The van der Waals surface area contributed by atoms with E-state index < -0.39 is 97.5 Å². The van der Waals surface area contributed by atoms with Gasteiger partial charge in [-0.15, -0.1) is 0 Å². The number of phosphoric acid groups is 2. The van der Waals surface area contributed by atoms with Crippen molar-refractivity contribution in [1.29, 1.82) is 0 Å². The Bertz CT molecular complexity index is 1910. The highest BCUT2D eigenvalue weighted by atomic mass is 31.2. The van der Waals surface area contributed by atoms with Crippen molar-refractivity contribution in [1.82, 2.24) is 0 Å². The number of aliphatic hydroxyl groups is 1. The number of esters is 4. The summed E-state index contributed by atoms with van der Waals surface area (Å²) in [5, 5.41) is 10.6. The van der Waals surface area contributed by atoms with Crippen LogP contribution in [0.2, 0.25) is 0 Å². The van der Waals surface area contributed by atoms with Crippen LogP contribution in [0.3, 0.4) is 0 Å². The summed E-state index contributed by atoms with van der Waals surface area (Å²) in [5.74, 6) is 0.174. The lowest BCUT2D eigenvalue weighted by Crippen LogP contribution is -2.30. The number of rotatable bonds is 77. The van der Waals surface area contributed by atoms with Gasteiger partial charge in [0.15, 0.2) is 12.2 Å². The molecule has 0 heterocycles. The minimum atomic E-state index is -4.96. The van der Waals surface area contributed by atoms with Gasteiger partial charge in [-0.05, 0) is 43.4 Å². The second-order valence-corrected chi connectivity index (χ2v) is 32.6. The molecule has 0 saturated carbocycles. The van der Waals surface area contributed by atoms with Gasteiger partial charge in [-0.1, -0.05) is 357 Å². The molecule has 0 radical (unpaired) electrons. The monoisotopic (exact) mass is 1440 g/mol.